The molecule has 1 aliphatic carbocycles. The predicted molar refractivity (Wildman–Crippen MR) is 109 cm³/mol. The van der Waals surface area contributed by atoms with Crippen molar-refractivity contribution in [2.45, 2.75) is 25.4 Å². The summed E-state index contributed by atoms with van der Waals surface area (Å²) in [4.78, 5) is 30.4. The van der Waals surface area contributed by atoms with Crippen LogP contribution in [0.15, 0.2) is 48.8 Å². The van der Waals surface area contributed by atoms with Crippen LogP contribution in [0.3, 0.4) is 0 Å². The molecule has 0 radical (unpaired) electrons. The number of aryl methyl sites for hydroxylation is 1. The van der Waals surface area contributed by atoms with E-state index in [1.165, 1.54) is 11.0 Å². The van der Waals surface area contributed by atoms with Crippen molar-refractivity contribution in [3.63, 3.8) is 0 Å². The van der Waals surface area contributed by atoms with Crippen LogP contribution in [-0.2, 0) is 20.0 Å². The molecule has 4 rings (SSSR count). The predicted octanol–water partition coefficient (Wildman–Crippen LogP) is 4.12. The van der Waals surface area contributed by atoms with E-state index in [4.69, 9.17) is 0 Å². The van der Waals surface area contributed by atoms with Crippen LogP contribution in [0.5, 0.6) is 0 Å². The lowest BCUT2D eigenvalue weighted by atomic mass is 10.1. The van der Waals surface area contributed by atoms with Crippen molar-refractivity contribution in [2.24, 2.45) is 7.05 Å². The van der Waals surface area contributed by atoms with Gasteiger partial charge in [0.05, 0.1) is 18.3 Å². The van der Waals surface area contributed by atoms with Gasteiger partial charge in [-0.1, -0.05) is 6.07 Å². The van der Waals surface area contributed by atoms with Crippen LogP contribution < -0.4 is 5.32 Å². The van der Waals surface area contributed by atoms with E-state index in [-0.39, 0.29) is 12.2 Å². The first-order valence-electron chi connectivity index (χ1n) is 9.69. The third kappa shape index (κ3) is 3.98. The maximum atomic E-state index is 13.5. The second-order valence-corrected chi connectivity index (χ2v) is 7.39. The monoisotopic (exact) mass is 426 g/mol. The minimum atomic E-state index is -1.07. The second-order valence-electron chi connectivity index (χ2n) is 7.39. The number of fused-ring (bicyclic) bond motifs is 1. The van der Waals surface area contributed by atoms with Gasteiger partial charge >= 0.3 is 6.09 Å². The molecule has 31 heavy (non-hydrogen) atoms. The number of benzene rings is 1. The van der Waals surface area contributed by atoms with Crippen molar-refractivity contribution in [2.75, 3.05) is 5.32 Å². The molecule has 1 unspecified atom stereocenters. The van der Waals surface area contributed by atoms with Crippen molar-refractivity contribution in [1.82, 2.24) is 14.5 Å². The molecule has 3 aromatic rings. The Morgan fingerprint density at radius 1 is 1.26 bits per heavy atom. The molecule has 2 N–H and O–H groups in total. The van der Waals surface area contributed by atoms with E-state index in [0.29, 0.717) is 24.2 Å². The van der Waals surface area contributed by atoms with Crippen molar-refractivity contribution in [3.05, 3.63) is 82.9 Å². The fraction of sp³-hybridized carbons (Fsp3) is 0.227. The summed E-state index contributed by atoms with van der Waals surface area (Å²) in [5.41, 5.74) is 2.64. The Hall–Kier alpha value is -3.75. The second kappa shape index (κ2) is 8.17. The molecule has 0 aliphatic heterocycles. The van der Waals surface area contributed by atoms with Crippen LogP contribution in [0, 0.1) is 11.6 Å². The van der Waals surface area contributed by atoms with Gasteiger partial charge in [-0.05, 0) is 48.2 Å². The average Bonchev–Trinajstić information content (AvgIpc) is 3.27. The van der Waals surface area contributed by atoms with E-state index in [1.807, 2.05) is 0 Å². The Morgan fingerprint density at radius 2 is 2.06 bits per heavy atom. The molecule has 1 aliphatic rings. The number of rotatable bonds is 5. The van der Waals surface area contributed by atoms with Crippen LogP contribution in [0.4, 0.5) is 19.3 Å². The van der Waals surface area contributed by atoms with Gasteiger partial charge in [0.2, 0.25) is 0 Å². The van der Waals surface area contributed by atoms with E-state index in [2.05, 4.69) is 10.3 Å². The molecule has 2 heterocycles. The SMILES string of the molecule is Cn1cc2c(c1C(=O)Nc1ccc(F)c(F)c1)CCC2N(Cc1ccccn1)C(=O)O. The van der Waals surface area contributed by atoms with Crippen molar-refractivity contribution >= 4 is 17.7 Å². The summed E-state index contributed by atoms with van der Waals surface area (Å²) in [7, 11) is 1.69. The van der Waals surface area contributed by atoms with Gasteiger partial charge < -0.3 is 15.0 Å². The summed E-state index contributed by atoms with van der Waals surface area (Å²) in [6, 6.07) is 8.05. The maximum absolute atomic E-state index is 13.5. The fourth-order valence-electron chi connectivity index (χ4n) is 4.05. The zero-order valence-electron chi connectivity index (χ0n) is 16.7. The van der Waals surface area contributed by atoms with Gasteiger partial charge in [0.15, 0.2) is 11.6 Å². The number of amides is 2. The number of nitrogens with zero attached hydrogens (tertiary/aromatic N) is 3. The summed E-state index contributed by atoms with van der Waals surface area (Å²) >= 11 is 0. The summed E-state index contributed by atoms with van der Waals surface area (Å²) in [5, 5.41) is 12.4. The van der Waals surface area contributed by atoms with Crippen molar-refractivity contribution < 1.29 is 23.5 Å². The first-order chi connectivity index (χ1) is 14.8. The summed E-state index contributed by atoms with van der Waals surface area (Å²) in [6.07, 6.45) is 3.35. The van der Waals surface area contributed by atoms with Crippen LogP contribution in [-0.4, -0.2) is 31.6 Å². The number of anilines is 1. The molecule has 9 heteroatoms. The molecular formula is C22H20F2N4O3. The Kier molecular flexibility index (Phi) is 5.41. The molecular weight excluding hydrogens is 406 g/mol. The standard InChI is InChI=1S/C22H20F2N4O3/c1-27-12-16-15(20(27)21(29)26-13-5-7-17(23)18(24)10-13)6-8-19(16)28(22(30)31)11-14-4-2-3-9-25-14/h2-5,7,9-10,12,19H,6,8,11H2,1H3,(H,26,29)(H,30,31). The number of hydrogen-bond acceptors (Lipinski definition) is 3. The zero-order chi connectivity index (χ0) is 22.1. The molecule has 0 bridgehead atoms. The van der Waals surface area contributed by atoms with Gasteiger partial charge in [0.25, 0.3) is 5.91 Å². The molecule has 2 amide bonds. The Labute approximate surface area is 176 Å². The largest absolute Gasteiger partial charge is 0.465 e. The average molecular weight is 426 g/mol. The lowest BCUT2D eigenvalue weighted by Gasteiger charge is -2.26. The number of carboxylic acid groups (broad SMARTS) is 1. The van der Waals surface area contributed by atoms with Crippen LogP contribution in [0.2, 0.25) is 0 Å². The number of carbonyl (C=O) groups is 2. The highest BCUT2D eigenvalue weighted by molar-refractivity contribution is 6.04. The third-order valence-corrected chi connectivity index (χ3v) is 5.42. The van der Waals surface area contributed by atoms with Crippen LogP contribution >= 0.6 is 0 Å². The normalized spacial score (nSPS) is 14.9. The molecule has 0 saturated carbocycles. The van der Waals surface area contributed by atoms with E-state index in [0.717, 1.165) is 23.3 Å². The lowest BCUT2D eigenvalue weighted by Crippen LogP contribution is -2.32. The van der Waals surface area contributed by atoms with Gasteiger partial charge in [-0.2, -0.15) is 0 Å². The number of aromatic nitrogens is 2. The topological polar surface area (TPSA) is 87.5 Å². The highest BCUT2D eigenvalue weighted by Gasteiger charge is 2.36. The molecule has 7 nitrogen and oxygen atoms in total. The number of hydrogen-bond donors (Lipinski definition) is 2. The van der Waals surface area contributed by atoms with E-state index < -0.39 is 29.7 Å². The minimum Gasteiger partial charge on any atom is -0.465 e. The maximum Gasteiger partial charge on any atom is 0.408 e. The lowest BCUT2D eigenvalue weighted by molar-refractivity contribution is 0.101. The molecule has 1 atom stereocenters. The smallest absolute Gasteiger partial charge is 0.408 e. The number of carbonyl (C=O) groups excluding carboxylic acids is 1. The van der Waals surface area contributed by atoms with Gasteiger partial charge in [-0.3, -0.25) is 14.7 Å². The first-order valence-corrected chi connectivity index (χ1v) is 9.69. The van der Waals surface area contributed by atoms with E-state index in [1.54, 1.807) is 42.2 Å². The molecule has 1 aromatic carbocycles. The highest BCUT2D eigenvalue weighted by atomic mass is 19.2. The van der Waals surface area contributed by atoms with Crippen LogP contribution in [0.1, 0.15) is 39.8 Å². The van der Waals surface area contributed by atoms with Gasteiger partial charge in [-0.15, -0.1) is 0 Å². The Morgan fingerprint density at radius 3 is 2.74 bits per heavy atom. The number of halogens is 2. The highest BCUT2D eigenvalue weighted by Crippen LogP contribution is 2.39. The quantitative estimate of drug-likeness (QED) is 0.643. The van der Waals surface area contributed by atoms with Crippen LogP contribution in [0.25, 0.3) is 0 Å². The summed E-state index contributed by atoms with van der Waals surface area (Å²) in [6.45, 7) is 0.131. The molecule has 0 saturated heterocycles. The zero-order valence-corrected chi connectivity index (χ0v) is 16.7. The fourth-order valence-corrected chi connectivity index (χ4v) is 4.05. The van der Waals surface area contributed by atoms with Gasteiger partial charge in [0, 0.05) is 31.2 Å². The molecule has 160 valence electrons. The van der Waals surface area contributed by atoms with Crippen molar-refractivity contribution in [1.29, 1.82) is 0 Å². The van der Waals surface area contributed by atoms with Crippen molar-refractivity contribution in [3.8, 4) is 0 Å². The summed E-state index contributed by atoms with van der Waals surface area (Å²) < 4.78 is 28.2. The van der Waals surface area contributed by atoms with E-state index >= 15 is 0 Å². The molecule has 2 aromatic heterocycles. The van der Waals surface area contributed by atoms with Gasteiger partial charge in [0.1, 0.15) is 5.69 Å². The Balaban J connectivity index is 1.60. The molecule has 0 fully saturated rings. The number of nitrogens with one attached hydrogen (secondary N) is 1. The third-order valence-electron chi connectivity index (χ3n) is 5.42. The number of pyridine rings is 1. The first kappa shape index (κ1) is 20.5. The van der Waals surface area contributed by atoms with E-state index in [9.17, 15) is 23.5 Å². The molecule has 0 spiro atoms. The Bertz CT molecular complexity index is 1150. The minimum absolute atomic E-state index is 0.131. The van der Waals surface area contributed by atoms with Gasteiger partial charge in [-0.25, -0.2) is 13.6 Å². The summed E-state index contributed by atoms with van der Waals surface area (Å²) in [5.74, 6) is -2.52.